The number of aliphatic hydroxyl groups is 1. The summed E-state index contributed by atoms with van der Waals surface area (Å²) in [6.45, 7) is -1.57. The molecule has 3 rings (SSSR count). The lowest BCUT2D eigenvalue weighted by molar-refractivity contribution is -0.289. The van der Waals surface area contributed by atoms with E-state index in [9.17, 15) is 40.2 Å². The fraction of sp³-hybridized carbons (Fsp3) is 0.308. The number of halogens is 8. The van der Waals surface area contributed by atoms with Crippen LogP contribution in [0, 0.1) is 0 Å². The Morgan fingerprint density at radius 2 is 1.47 bits per heavy atom. The quantitative estimate of drug-likeness (QED) is 0.289. The highest BCUT2D eigenvalue weighted by Crippen LogP contribution is 2.44. The van der Waals surface area contributed by atoms with Gasteiger partial charge in [-0.15, -0.1) is 0 Å². The SMILES string of the molecule is CN(C)c1cccc(Oc2ccccc2N(Cc2cccc(C(F)(F)C(F)(F)F)c2)CC(O)C(F)(F)F)c1. The number of alkyl halides is 8. The molecule has 0 amide bonds. The third-order valence-corrected chi connectivity index (χ3v) is 5.56. The zero-order chi connectivity index (χ0) is 28.3. The van der Waals surface area contributed by atoms with Crippen LogP contribution in [0.1, 0.15) is 11.1 Å². The Bertz CT molecular complexity index is 1230. The van der Waals surface area contributed by atoms with Crippen LogP contribution >= 0.6 is 0 Å². The number of para-hydroxylation sites is 2. The summed E-state index contributed by atoms with van der Waals surface area (Å²) in [5.41, 5.74) is -0.667. The maximum Gasteiger partial charge on any atom is 0.458 e. The van der Waals surface area contributed by atoms with E-state index in [0.717, 1.165) is 16.7 Å². The van der Waals surface area contributed by atoms with Gasteiger partial charge in [0, 0.05) is 38.0 Å². The van der Waals surface area contributed by atoms with Crippen LogP contribution in [0.2, 0.25) is 0 Å². The van der Waals surface area contributed by atoms with E-state index < -0.39 is 43.0 Å². The van der Waals surface area contributed by atoms with E-state index in [4.69, 9.17) is 4.74 Å². The van der Waals surface area contributed by atoms with Crippen molar-refractivity contribution in [3.8, 4) is 11.5 Å². The fourth-order valence-corrected chi connectivity index (χ4v) is 3.57. The van der Waals surface area contributed by atoms with Crippen molar-refractivity contribution < 1.29 is 45.0 Å². The van der Waals surface area contributed by atoms with E-state index in [0.29, 0.717) is 17.9 Å². The number of hydrogen-bond donors (Lipinski definition) is 1. The van der Waals surface area contributed by atoms with Crippen molar-refractivity contribution in [3.05, 3.63) is 83.9 Å². The molecule has 38 heavy (non-hydrogen) atoms. The summed E-state index contributed by atoms with van der Waals surface area (Å²) >= 11 is 0. The summed E-state index contributed by atoms with van der Waals surface area (Å²) in [6, 6.07) is 16.0. The summed E-state index contributed by atoms with van der Waals surface area (Å²) < 4.78 is 112. The minimum Gasteiger partial charge on any atom is -0.455 e. The number of ether oxygens (including phenoxy) is 1. The molecular formula is C26H24F8N2O2. The number of nitrogens with zero attached hydrogens (tertiary/aromatic N) is 2. The third kappa shape index (κ3) is 6.85. The van der Waals surface area contributed by atoms with E-state index in [1.807, 2.05) is 0 Å². The average molecular weight is 548 g/mol. The molecule has 0 saturated heterocycles. The van der Waals surface area contributed by atoms with Gasteiger partial charge in [0.2, 0.25) is 0 Å². The van der Waals surface area contributed by atoms with Gasteiger partial charge in [0.25, 0.3) is 0 Å². The highest BCUT2D eigenvalue weighted by atomic mass is 19.4. The Balaban J connectivity index is 2.01. The van der Waals surface area contributed by atoms with Crippen molar-refractivity contribution in [2.75, 3.05) is 30.4 Å². The lowest BCUT2D eigenvalue weighted by Crippen LogP contribution is -2.41. The molecule has 0 aliphatic carbocycles. The predicted molar refractivity (Wildman–Crippen MR) is 127 cm³/mol. The van der Waals surface area contributed by atoms with E-state index >= 15 is 0 Å². The summed E-state index contributed by atoms with van der Waals surface area (Å²) in [5, 5.41) is 9.78. The molecule has 0 bridgehead atoms. The molecular weight excluding hydrogens is 524 g/mol. The Morgan fingerprint density at radius 1 is 0.816 bits per heavy atom. The zero-order valence-corrected chi connectivity index (χ0v) is 20.2. The second-order valence-electron chi connectivity index (χ2n) is 8.67. The van der Waals surface area contributed by atoms with Crippen molar-refractivity contribution >= 4 is 11.4 Å². The van der Waals surface area contributed by atoms with Gasteiger partial charge in [-0.25, -0.2) is 0 Å². The second kappa shape index (κ2) is 11.1. The van der Waals surface area contributed by atoms with Gasteiger partial charge in [0.1, 0.15) is 5.75 Å². The maximum atomic E-state index is 13.9. The summed E-state index contributed by atoms with van der Waals surface area (Å²) in [6.07, 6.45) is -13.7. The van der Waals surface area contributed by atoms with Crippen LogP contribution in [0.15, 0.2) is 72.8 Å². The number of rotatable bonds is 9. The van der Waals surface area contributed by atoms with E-state index in [2.05, 4.69) is 0 Å². The monoisotopic (exact) mass is 548 g/mol. The lowest BCUT2D eigenvalue weighted by atomic mass is 10.0. The van der Waals surface area contributed by atoms with Gasteiger partial charge in [0.15, 0.2) is 11.9 Å². The standard InChI is InChI=1S/C26H24F8N2O2/c1-35(2)19-9-6-10-20(14-19)38-22-12-4-3-11-21(22)36(16-23(37)25(29,30)31)15-17-7-5-8-18(13-17)24(27,28)26(32,33)34/h3-14,23,37H,15-16H2,1-2H3. The van der Waals surface area contributed by atoms with E-state index in [1.165, 1.54) is 24.3 Å². The van der Waals surface area contributed by atoms with Crippen molar-refractivity contribution in [2.24, 2.45) is 0 Å². The lowest BCUT2D eigenvalue weighted by Gasteiger charge is -2.30. The molecule has 0 spiro atoms. The molecule has 0 heterocycles. The minimum absolute atomic E-state index is 0.0547. The third-order valence-electron chi connectivity index (χ3n) is 5.56. The van der Waals surface area contributed by atoms with Crippen LogP contribution in [0.5, 0.6) is 11.5 Å². The van der Waals surface area contributed by atoms with Crippen LogP contribution in [0.3, 0.4) is 0 Å². The predicted octanol–water partition coefficient (Wildman–Crippen LogP) is 7.13. The molecule has 0 fully saturated rings. The number of benzene rings is 3. The van der Waals surface area contributed by atoms with Gasteiger partial charge < -0.3 is 19.6 Å². The molecule has 3 aromatic carbocycles. The van der Waals surface area contributed by atoms with Crippen LogP contribution in [-0.4, -0.2) is 44.2 Å². The first-order valence-electron chi connectivity index (χ1n) is 11.2. The van der Waals surface area contributed by atoms with Crippen LogP contribution < -0.4 is 14.5 Å². The first-order chi connectivity index (χ1) is 17.6. The molecule has 0 saturated carbocycles. The molecule has 206 valence electrons. The zero-order valence-electron chi connectivity index (χ0n) is 20.2. The smallest absolute Gasteiger partial charge is 0.455 e. The molecule has 3 aromatic rings. The molecule has 0 aromatic heterocycles. The first-order valence-corrected chi connectivity index (χ1v) is 11.2. The second-order valence-corrected chi connectivity index (χ2v) is 8.67. The molecule has 12 heteroatoms. The Kier molecular flexibility index (Phi) is 8.45. The average Bonchev–Trinajstić information content (AvgIpc) is 2.83. The summed E-state index contributed by atoms with van der Waals surface area (Å²) in [5.74, 6) is -4.75. The number of aliphatic hydroxyl groups excluding tert-OH is 1. The molecule has 1 unspecified atom stereocenters. The van der Waals surface area contributed by atoms with Crippen LogP contribution in [-0.2, 0) is 12.5 Å². The summed E-state index contributed by atoms with van der Waals surface area (Å²) in [7, 11) is 3.59. The topological polar surface area (TPSA) is 35.9 Å². The molecule has 1 atom stereocenters. The molecule has 4 nitrogen and oxygen atoms in total. The maximum absolute atomic E-state index is 13.9. The molecule has 1 N–H and O–H groups in total. The first kappa shape index (κ1) is 29.0. The minimum atomic E-state index is -5.86. The van der Waals surface area contributed by atoms with Crippen molar-refractivity contribution in [3.63, 3.8) is 0 Å². The van der Waals surface area contributed by atoms with Gasteiger partial charge in [-0.2, -0.15) is 35.1 Å². The molecule has 0 aliphatic heterocycles. The van der Waals surface area contributed by atoms with Gasteiger partial charge in [0.05, 0.1) is 12.2 Å². The summed E-state index contributed by atoms with van der Waals surface area (Å²) in [4.78, 5) is 2.81. The fourth-order valence-electron chi connectivity index (χ4n) is 3.57. The van der Waals surface area contributed by atoms with Crippen molar-refractivity contribution in [1.82, 2.24) is 0 Å². The Labute approximate surface area is 213 Å². The largest absolute Gasteiger partial charge is 0.458 e. The van der Waals surface area contributed by atoms with Gasteiger partial charge in [-0.05, 0) is 35.9 Å². The van der Waals surface area contributed by atoms with Gasteiger partial charge in [-0.3, -0.25) is 0 Å². The van der Waals surface area contributed by atoms with Gasteiger partial charge >= 0.3 is 18.3 Å². The molecule has 0 radical (unpaired) electrons. The van der Waals surface area contributed by atoms with Crippen LogP contribution in [0.4, 0.5) is 46.5 Å². The highest BCUT2D eigenvalue weighted by molar-refractivity contribution is 5.61. The van der Waals surface area contributed by atoms with Crippen molar-refractivity contribution in [2.45, 2.75) is 30.9 Å². The van der Waals surface area contributed by atoms with Gasteiger partial charge in [-0.1, -0.05) is 36.4 Å². The number of hydrogen-bond acceptors (Lipinski definition) is 4. The highest BCUT2D eigenvalue weighted by Gasteiger charge is 2.58. The van der Waals surface area contributed by atoms with E-state index in [-0.39, 0.29) is 17.0 Å². The van der Waals surface area contributed by atoms with Crippen molar-refractivity contribution in [1.29, 1.82) is 0 Å². The normalized spacial score (nSPS) is 13.2. The Hall–Kier alpha value is -3.54. The molecule has 0 aliphatic rings. The number of anilines is 2. The van der Waals surface area contributed by atoms with Crippen LogP contribution in [0.25, 0.3) is 0 Å². The Morgan fingerprint density at radius 3 is 2.11 bits per heavy atom. The van der Waals surface area contributed by atoms with E-state index in [1.54, 1.807) is 49.3 Å².